The zero-order chi connectivity index (χ0) is 22.2. The molecule has 0 unspecified atom stereocenters. The number of alkyl halides is 3. The number of ether oxygens (including phenoxy) is 1. The van der Waals surface area contributed by atoms with Crippen molar-refractivity contribution in [2.75, 3.05) is 12.4 Å². The highest BCUT2D eigenvalue weighted by Crippen LogP contribution is 2.31. The van der Waals surface area contributed by atoms with Crippen molar-refractivity contribution in [1.82, 2.24) is 29.3 Å². The number of nitrogens with one attached hydrogen (secondary N) is 1. The second-order valence-corrected chi connectivity index (χ2v) is 6.73. The highest BCUT2D eigenvalue weighted by atomic mass is 19.4. The molecule has 0 aliphatic carbocycles. The number of hydrogen-bond acceptors (Lipinski definition) is 6. The van der Waals surface area contributed by atoms with E-state index < -0.39 is 11.7 Å². The number of halogens is 3. The van der Waals surface area contributed by atoms with Gasteiger partial charge in [0.25, 0.3) is 0 Å². The van der Waals surface area contributed by atoms with Crippen molar-refractivity contribution in [1.29, 1.82) is 0 Å². The molecule has 0 spiro atoms. The molecule has 4 aromatic rings. The van der Waals surface area contributed by atoms with Crippen LogP contribution in [0.1, 0.15) is 11.3 Å². The first-order chi connectivity index (χ1) is 14.7. The minimum Gasteiger partial charge on any atom is -0.479 e. The highest BCUT2D eigenvalue weighted by Gasteiger charge is 2.30. The first-order valence-electron chi connectivity index (χ1n) is 9.16. The number of benzene rings is 1. The van der Waals surface area contributed by atoms with E-state index in [2.05, 4.69) is 25.4 Å². The summed E-state index contributed by atoms with van der Waals surface area (Å²) in [4.78, 5) is 13.0. The number of imidazole rings is 1. The molecule has 160 valence electrons. The van der Waals surface area contributed by atoms with E-state index in [9.17, 15) is 13.2 Å². The summed E-state index contributed by atoms with van der Waals surface area (Å²) in [6.07, 6.45) is -0.932. The van der Waals surface area contributed by atoms with E-state index in [1.165, 1.54) is 23.9 Å². The minimum absolute atomic E-state index is 0.244. The molecule has 0 aliphatic rings. The molecule has 0 amide bonds. The van der Waals surface area contributed by atoms with Crippen molar-refractivity contribution in [2.24, 2.45) is 7.05 Å². The molecule has 8 nitrogen and oxygen atoms in total. The van der Waals surface area contributed by atoms with Gasteiger partial charge in [0.05, 0.1) is 24.7 Å². The molecular formula is C20H18F3N7O. The zero-order valence-electron chi connectivity index (χ0n) is 16.8. The Hall–Kier alpha value is -3.89. The van der Waals surface area contributed by atoms with Crippen LogP contribution in [0.25, 0.3) is 17.2 Å². The standard InChI is InChI=1S/C20H18F3N7O/c1-12-10-30(11-24-12)16-8-7-15(26-18(16)31-3)17-27-19(29(2)28-17)25-14-6-4-5-13(9-14)20(21,22)23/h4-11H,1-3H3,(H,25,27,28). The van der Waals surface area contributed by atoms with E-state index in [0.29, 0.717) is 23.1 Å². The number of aromatic nitrogens is 6. The van der Waals surface area contributed by atoms with Crippen LogP contribution >= 0.6 is 0 Å². The summed E-state index contributed by atoms with van der Waals surface area (Å²) >= 11 is 0. The third-order valence-electron chi connectivity index (χ3n) is 4.46. The Labute approximate surface area is 175 Å². The van der Waals surface area contributed by atoms with Crippen LogP contribution in [0.4, 0.5) is 24.8 Å². The maximum atomic E-state index is 13.0. The predicted octanol–water partition coefficient (Wildman–Crippen LogP) is 4.14. The van der Waals surface area contributed by atoms with Crippen LogP contribution in [0.2, 0.25) is 0 Å². The molecule has 0 saturated carbocycles. The molecule has 3 aromatic heterocycles. The fourth-order valence-electron chi connectivity index (χ4n) is 2.96. The summed E-state index contributed by atoms with van der Waals surface area (Å²) in [7, 11) is 3.14. The lowest BCUT2D eigenvalue weighted by atomic mass is 10.2. The van der Waals surface area contributed by atoms with Crippen molar-refractivity contribution < 1.29 is 17.9 Å². The third kappa shape index (κ3) is 4.20. The van der Waals surface area contributed by atoms with Gasteiger partial charge in [0.15, 0.2) is 0 Å². The van der Waals surface area contributed by atoms with Crippen LogP contribution < -0.4 is 10.1 Å². The van der Waals surface area contributed by atoms with Gasteiger partial charge in [-0.1, -0.05) is 6.07 Å². The average molecular weight is 429 g/mol. The van der Waals surface area contributed by atoms with E-state index in [1.54, 1.807) is 30.1 Å². The van der Waals surface area contributed by atoms with Crippen LogP contribution in [-0.4, -0.2) is 36.4 Å². The first kappa shape index (κ1) is 20.4. The highest BCUT2D eigenvalue weighted by molar-refractivity contribution is 5.60. The second-order valence-electron chi connectivity index (χ2n) is 6.73. The molecule has 0 saturated heterocycles. The van der Waals surface area contributed by atoms with Crippen LogP contribution in [0, 0.1) is 6.92 Å². The number of aryl methyl sites for hydroxylation is 2. The summed E-state index contributed by atoms with van der Waals surface area (Å²) < 4.78 is 47.5. The molecule has 0 radical (unpaired) electrons. The molecule has 3 heterocycles. The van der Waals surface area contributed by atoms with Crippen LogP contribution in [0.5, 0.6) is 5.88 Å². The molecule has 11 heteroatoms. The van der Waals surface area contributed by atoms with Gasteiger partial charge in [0.2, 0.25) is 17.7 Å². The van der Waals surface area contributed by atoms with Gasteiger partial charge in [0, 0.05) is 18.9 Å². The Kier molecular flexibility index (Phi) is 5.09. The lowest BCUT2D eigenvalue weighted by Crippen LogP contribution is -2.06. The Morgan fingerprint density at radius 3 is 2.58 bits per heavy atom. The molecule has 0 fully saturated rings. The molecule has 1 aromatic carbocycles. The van der Waals surface area contributed by atoms with E-state index in [-0.39, 0.29) is 11.6 Å². The van der Waals surface area contributed by atoms with Crippen molar-refractivity contribution in [3.05, 3.63) is 60.2 Å². The summed E-state index contributed by atoms with van der Waals surface area (Å²) in [6, 6.07) is 8.40. The van der Waals surface area contributed by atoms with E-state index in [4.69, 9.17) is 4.74 Å². The average Bonchev–Trinajstić information content (AvgIpc) is 3.33. The number of methoxy groups -OCH3 is 1. The van der Waals surface area contributed by atoms with E-state index in [0.717, 1.165) is 17.8 Å². The summed E-state index contributed by atoms with van der Waals surface area (Å²) in [6.45, 7) is 1.88. The van der Waals surface area contributed by atoms with Crippen LogP contribution in [-0.2, 0) is 13.2 Å². The Balaban J connectivity index is 1.63. The smallest absolute Gasteiger partial charge is 0.416 e. The summed E-state index contributed by atoms with van der Waals surface area (Å²) in [5.41, 5.74) is 1.49. The largest absolute Gasteiger partial charge is 0.479 e. The van der Waals surface area contributed by atoms with Crippen molar-refractivity contribution in [3.8, 4) is 23.1 Å². The number of pyridine rings is 1. The second kappa shape index (κ2) is 7.74. The van der Waals surface area contributed by atoms with Gasteiger partial charge >= 0.3 is 6.18 Å². The fraction of sp³-hybridized carbons (Fsp3) is 0.200. The maximum absolute atomic E-state index is 13.0. The number of hydrogen-bond donors (Lipinski definition) is 1. The lowest BCUT2D eigenvalue weighted by molar-refractivity contribution is -0.137. The van der Waals surface area contributed by atoms with Crippen molar-refractivity contribution in [3.63, 3.8) is 0 Å². The first-order valence-corrected chi connectivity index (χ1v) is 9.16. The van der Waals surface area contributed by atoms with Gasteiger partial charge in [0.1, 0.15) is 11.4 Å². The number of rotatable bonds is 5. The number of anilines is 2. The topological polar surface area (TPSA) is 82.7 Å². The Morgan fingerprint density at radius 2 is 1.90 bits per heavy atom. The maximum Gasteiger partial charge on any atom is 0.416 e. The molecule has 0 aliphatic heterocycles. The molecule has 4 rings (SSSR count). The SMILES string of the molecule is COc1nc(-c2nc(Nc3cccc(C(F)(F)F)c3)n(C)n2)ccc1-n1cnc(C)c1. The monoisotopic (exact) mass is 429 g/mol. The summed E-state index contributed by atoms with van der Waals surface area (Å²) in [5.74, 6) is 0.919. The van der Waals surface area contributed by atoms with Gasteiger partial charge in [-0.15, -0.1) is 5.10 Å². The van der Waals surface area contributed by atoms with E-state index in [1.807, 2.05) is 13.1 Å². The lowest BCUT2D eigenvalue weighted by Gasteiger charge is -2.09. The quantitative estimate of drug-likeness (QED) is 0.513. The van der Waals surface area contributed by atoms with Gasteiger partial charge in [-0.2, -0.15) is 18.2 Å². The number of nitrogens with zero attached hydrogens (tertiary/aromatic N) is 6. The molecule has 31 heavy (non-hydrogen) atoms. The van der Waals surface area contributed by atoms with Crippen molar-refractivity contribution in [2.45, 2.75) is 13.1 Å². The molecular weight excluding hydrogens is 411 g/mol. The van der Waals surface area contributed by atoms with Crippen LogP contribution in [0.15, 0.2) is 48.9 Å². The van der Waals surface area contributed by atoms with E-state index >= 15 is 0 Å². The minimum atomic E-state index is -4.43. The molecule has 0 bridgehead atoms. The molecule has 0 atom stereocenters. The Morgan fingerprint density at radius 1 is 1.10 bits per heavy atom. The zero-order valence-corrected chi connectivity index (χ0v) is 16.8. The van der Waals surface area contributed by atoms with Gasteiger partial charge < -0.3 is 14.6 Å². The Bertz CT molecular complexity index is 1230. The van der Waals surface area contributed by atoms with Gasteiger partial charge in [-0.3, -0.25) is 0 Å². The normalized spacial score (nSPS) is 11.5. The predicted molar refractivity (Wildman–Crippen MR) is 107 cm³/mol. The third-order valence-corrected chi connectivity index (χ3v) is 4.46. The molecule has 1 N–H and O–H groups in total. The van der Waals surface area contributed by atoms with Crippen molar-refractivity contribution >= 4 is 11.6 Å². The fourth-order valence-corrected chi connectivity index (χ4v) is 2.96. The van der Waals surface area contributed by atoms with Gasteiger partial charge in [-0.25, -0.2) is 14.6 Å². The van der Waals surface area contributed by atoms with Crippen LogP contribution in [0.3, 0.4) is 0 Å². The van der Waals surface area contributed by atoms with Gasteiger partial charge in [-0.05, 0) is 37.3 Å². The summed E-state index contributed by atoms with van der Waals surface area (Å²) in [5, 5.41) is 7.18.